The summed E-state index contributed by atoms with van der Waals surface area (Å²) < 4.78 is 14.4. The molecular weight excluding hydrogens is 666 g/mol. The van der Waals surface area contributed by atoms with E-state index in [-0.39, 0.29) is 17.2 Å². The van der Waals surface area contributed by atoms with Crippen LogP contribution in [0.3, 0.4) is 0 Å². The summed E-state index contributed by atoms with van der Waals surface area (Å²) in [6, 6.07) is 26.4. The van der Waals surface area contributed by atoms with E-state index < -0.39 is 22.9 Å². The Kier molecular flexibility index (Phi) is 10.9. The molecule has 46 heavy (non-hydrogen) atoms. The molecule has 7 nitrogen and oxygen atoms in total. The first-order valence-electron chi connectivity index (χ1n) is 13.8. The molecule has 1 atom stereocenters. The quantitative estimate of drug-likeness (QED) is 0.100. The number of hydrogen-bond donors (Lipinski definition) is 3. The summed E-state index contributed by atoms with van der Waals surface area (Å²) in [5, 5.41) is 10.8. The minimum Gasteiger partial charge on any atom is -0.321 e. The van der Waals surface area contributed by atoms with Gasteiger partial charge in [-0.05, 0) is 61.5 Å². The first-order chi connectivity index (χ1) is 22.2. The highest BCUT2D eigenvalue weighted by Gasteiger charge is 2.19. The molecule has 0 spiro atoms. The van der Waals surface area contributed by atoms with Gasteiger partial charge in [0.1, 0.15) is 11.5 Å². The number of rotatable bonds is 10. The van der Waals surface area contributed by atoms with Crippen molar-refractivity contribution < 1.29 is 18.8 Å². The minimum atomic E-state index is -0.651. The number of carbonyl (C=O) groups excluding carboxylic acids is 3. The van der Waals surface area contributed by atoms with Gasteiger partial charge in [0.2, 0.25) is 5.91 Å². The number of carbonyl (C=O) groups is 3. The lowest BCUT2D eigenvalue weighted by Gasteiger charge is -2.14. The van der Waals surface area contributed by atoms with E-state index in [2.05, 4.69) is 20.9 Å². The van der Waals surface area contributed by atoms with Crippen molar-refractivity contribution in [1.29, 1.82) is 0 Å². The number of nitrogens with zero attached hydrogens (tertiary/aromatic N) is 1. The number of halogens is 3. The summed E-state index contributed by atoms with van der Waals surface area (Å²) in [6.07, 6.45) is 1.28. The van der Waals surface area contributed by atoms with Crippen molar-refractivity contribution >= 4 is 80.9 Å². The standard InChI is InChI=1S/C34H25Cl2FN4O3S2/c1-20(31(42)41-34-40-30(19-45-34)23-14-15-26(35)27(36)16-23)46-25-12-7-11-24(18-25)38-33(44)29(17-22-10-5-6-13-28(22)37)39-32(43)21-8-3-2-4-9-21/h2-20H,1H3,(H,38,44)(H,39,43)(H,40,41,42)/b29-17-. The van der Waals surface area contributed by atoms with Crippen LogP contribution in [0, 0.1) is 5.82 Å². The first-order valence-corrected chi connectivity index (χ1v) is 16.3. The van der Waals surface area contributed by atoms with E-state index >= 15 is 0 Å². The number of nitrogens with one attached hydrogen (secondary N) is 3. The maximum Gasteiger partial charge on any atom is 0.272 e. The molecule has 0 aliphatic carbocycles. The second-order valence-electron chi connectivity index (χ2n) is 9.80. The molecule has 0 aliphatic rings. The number of thioether (sulfide) groups is 1. The molecule has 0 bridgehead atoms. The Morgan fingerprint density at radius 3 is 2.41 bits per heavy atom. The van der Waals surface area contributed by atoms with Gasteiger partial charge in [-0.3, -0.25) is 14.4 Å². The number of thiazole rings is 1. The van der Waals surface area contributed by atoms with Crippen molar-refractivity contribution in [2.45, 2.75) is 17.1 Å². The third kappa shape index (κ3) is 8.61. The van der Waals surface area contributed by atoms with Crippen LogP contribution in [0.2, 0.25) is 10.0 Å². The molecule has 5 aromatic rings. The lowest BCUT2D eigenvalue weighted by Crippen LogP contribution is -2.30. The summed E-state index contributed by atoms with van der Waals surface area (Å²) in [7, 11) is 0. The van der Waals surface area contributed by atoms with Gasteiger partial charge in [0.15, 0.2) is 5.13 Å². The number of amides is 3. The lowest BCUT2D eigenvalue weighted by molar-refractivity contribution is -0.115. The Hall–Kier alpha value is -4.48. The summed E-state index contributed by atoms with van der Waals surface area (Å²) >= 11 is 14.7. The highest BCUT2D eigenvalue weighted by Crippen LogP contribution is 2.31. The van der Waals surface area contributed by atoms with E-state index in [4.69, 9.17) is 23.2 Å². The lowest BCUT2D eigenvalue weighted by atomic mass is 10.1. The number of anilines is 2. The molecule has 5 rings (SSSR count). The Morgan fingerprint density at radius 2 is 1.65 bits per heavy atom. The second-order valence-corrected chi connectivity index (χ2v) is 12.9. The maximum absolute atomic E-state index is 14.4. The zero-order valence-corrected chi connectivity index (χ0v) is 27.2. The highest BCUT2D eigenvalue weighted by molar-refractivity contribution is 8.00. The smallest absolute Gasteiger partial charge is 0.272 e. The van der Waals surface area contributed by atoms with Crippen LogP contribution in [0.25, 0.3) is 17.3 Å². The molecule has 1 aromatic heterocycles. The van der Waals surface area contributed by atoms with E-state index in [1.54, 1.807) is 79.7 Å². The molecule has 0 radical (unpaired) electrons. The molecule has 1 heterocycles. The van der Waals surface area contributed by atoms with E-state index in [1.165, 1.54) is 47.4 Å². The van der Waals surface area contributed by atoms with E-state index in [0.29, 0.717) is 37.0 Å². The largest absolute Gasteiger partial charge is 0.321 e. The SMILES string of the molecule is CC(Sc1cccc(NC(=O)/C(=C/c2ccccc2F)NC(=O)c2ccccc2)c1)C(=O)Nc1nc(-c2ccc(Cl)c(Cl)c2)cs1. The summed E-state index contributed by atoms with van der Waals surface area (Å²) in [5.41, 5.74) is 2.18. The van der Waals surface area contributed by atoms with Crippen LogP contribution >= 0.6 is 46.3 Å². The van der Waals surface area contributed by atoms with E-state index in [0.717, 1.165) is 5.56 Å². The summed E-state index contributed by atoms with van der Waals surface area (Å²) in [5.74, 6) is -1.97. The van der Waals surface area contributed by atoms with Crippen LogP contribution in [0.5, 0.6) is 0 Å². The van der Waals surface area contributed by atoms with Gasteiger partial charge in [0, 0.05) is 32.7 Å². The topological polar surface area (TPSA) is 100 Å². The Bertz CT molecular complexity index is 1930. The number of aromatic nitrogens is 1. The van der Waals surface area contributed by atoms with Crippen LogP contribution in [0.1, 0.15) is 22.8 Å². The van der Waals surface area contributed by atoms with E-state index in [1.807, 2.05) is 11.4 Å². The van der Waals surface area contributed by atoms with Gasteiger partial charge in [0.05, 0.1) is 21.0 Å². The fourth-order valence-electron chi connectivity index (χ4n) is 4.12. The van der Waals surface area contributed by atoms with Crippen molar-refractivity contribution in [3.63, 3.8) is 0 Å². The molecule has 0 saturated carbocycles. The molecular formula is C34H25Cl2FN4O3S2. The zero-order chi connectivity index (χ0) is 32.6. The highest BCUT2D eigenvalue weighted by atomic mass is 35.5. The minimum absolute atomic E-state index is 0.134. The molecule has 0 fully saturated rings. The van der Waals surface area contributed by atoms with Gasteiger partial charge in [-0.15, -0.1) is 23.1 Å². The molecule has 0 aliphatic heterocycles. The second kappa shape index (κ2) is 15.2. The Balaban J connectivity index is 1.25. The van der Waals surface area contributed by atoms with Crippen molar-refractivity contribution in [2.24, 2.45) is 0 Å². The number of hydrogen-bond acceptors (Lipinski definition) is 6. The van der Waals surface area contributed by atoms with Gasteiger partial charge in [-0.1, -0.05) is 71.7 Å². The van der Waals surface area contributed by atoms with Gasteiger partial charge in [-0.2, -0.15) is 0 Å². The fourth-order valence-corrected chi connectivity index (χ4v) is 6.07. The van der Waals surface area contributed by atoms with Crippen LogP contribution in [0.4, 0.5) is 15.2 Å². The third-order valence-corrected chi connectivity index (χ3v) is 9.05. The molecule has 3 amide bonds. The van der Waals surface area contributed by atoms with Crippen LogP contribution < -0.4 is 16.0 Å². The normalized spacial score (nSPS) is 11.9. The van der Waals surface area contributed by atoms with E-state index in [9.17, 15) is 18.8 Å². The van der Waals surface area contributed by atoms with Gasteiger partial charge >= 0.3 is 0 Å². The van der Waals surface area contributed by atoms with Crippen LogP contribution in [-0.4, -0.2) is 28.0 Å². The molecule has 0 saturated heterocycles. The van der Waals surface area contributed by atoms with Gasteiger partial charge in [0.25, 0.3) is 11.8 Å². The monoisotopic (exact) mass is 690 g/mol. The average molecular weight is 692 g/mol. The molecule has 1 unspecified atom stereocenters. The Morgan fingerprint density at radius 1 is 0.891 bits per heavy atom. The molecule has 232 valence electrons. The maximum atomic E-state index is 14.4. The van der Waals surface area contributed by atoms with Crippen molar-refractivity contribution in [1.82, 2.24) is 10.3 Å². The molecule has 12 heteroatoms. The molecule has 4 aromatic carbocycles. The van der Waals surface area contributed by atoms with Crippen molar-refractivity contribution in [3.8, 4) is 11.3 Å². The predicted octanol–water partition coefficient (Wildman–Crippen LogP) is 8.78. The van der Waals surface area contributed by atoms with Crippen molar-refractivity contribution in [3.05, 3.63) is 135 Å². The predicted molar refractivity (Wildman–Crippen MR) is 185 cm³/mol. The van der Waals surface area contributed by atoms with Crippen molar-refractivity contribution in [2.75, 3.05) is 10.6 Å². The van der Waals surface area contributed by atoms with Crippen LogP contribution in [0.15, 0.2) is 113 Å². The average Bonchev–Trinajstić information content (AvgIpc) is 3.52. The fraction of sp³-hybridized carbons (Fsp3) is 0.0588. The van der Waals surface area contributed by atoms with Gasteiger partial charge < -0.3 is 16.0 Å². The first kappa shape index (κ1) is 32.9. The molecule has 3 N–H and O–H groups in total. The van der Waals surface area contributed by atoms with Crippen LogP contribution in [-0.2, 0) is 9.59 Å². The zero-order valence-electron chi connectivity index (χ0n) is 24.1. The third-order valence-electron chi connectivity index (χ3n) is 6.46. The Labute approximate surface area is 282 Å². The number of benzene rings is 4. The summed E-state index contributed by atoms with van der Waals surface area (Å²) in [6.45, 7) is 1.76. The van der Waals surface area contributed by atoms with Gasteiger partial charge in [-0.25, -0.2) is 9.37 Å². The summed E-state index contributed by atoms with van der Waals surface area (Å²) in [4.78, 5) is 44.4.